The van der Waals surface area contributed by atoms with Gasteiger partial charge in [-0.05, 0) is 50.6 Å². The summed E-state index contributed by atoms with van der Waals surface area (Å²) in [6.45, 7) is 6.52. The SMILES string of the molecule is CCNC(=NCC(c1ccccc1)N1CCCC1)NCCc1noc(-c2ccccn2)n1.I. The summed E-state index contributed by atoms with van der Waals surface area (Å²) in [5.74, 6) is 1.90. The van der Waals surface area contributed by atoms with E-state index in [9.17, 15) is 0 Å². The van der Waals surface area contributed by atoms with Gasteiger partial charge in [-0.15, -0.1) is 24.0 Å². The lowest BCUT2D eigenvalue weighted by atomic mass is 10.1. The van der Waals surface area contributed by atoms with E-state index in [1.165, 1.54) is 18.4 Å². The van der Waals surface area contributed by atoms with Gasteiger partial charge in [0.2, 0.25) is 0 Å². The Bertz CT molecular complexity index is 975. The molecular weight excluding hydrogens is 529 g/mol. The van der Waals surface area contributed by atoms with Crippen LogP contribution >= 0.6 is 24.0 Å². The average Bonchev–Trinajstić information content (AvgIpc) is 3.53. The maximum absolute atomic E-state index is 5.34. The number of hydrogen-bond donors (Lipinski definition) is 2. The molecule has 3 heterocycles. The molecule has 176 valence electrons. The molecule has 1 atom stereocenters. The van der Waals surface area contributed by atoms with Crippen molar-refractivity contribution in [3.05, 3.63) is 66.1 Å². The maximum atomic E-state index is 5.34. The smallest absolute Gasteiger partial charge is 0.276 e. The quantitative estimate of drug-likeness (QED) is 0.234. The molecule has 1 aliphatic heterocycles. The van der Waals surface area contributed by atoms with Gasteiger partial charge in [0.05, 0.1) is 12.6 Å². The molecule has 1 fully saturated rings. The Kier molecular flexibility index (Phi) is 10.1. The second-order valence-corrected chi connectivity index (χ2v) is 7.80. The molecule has 1 aromatic carbocycles. The van der Waals surface area contributed by atoms with Gasteiger partial charge in [-0.3, -0.25) is 14.9 Å². The fraction of sp³-hybridized carbons (Fsp3) is 0.417. The minimum absolute atomic E-state index is 0. The zero-order valence-corrected chi connectivity index (χ0v) is 21.3. The van der Waals surface area contributed by atoms with Crippen molar-refractivity contribution < 1.29 is 4.52 Å². The molecule has 0 saturated carbocycles. The standard InChI is InChI=1S/C24H31N7O.HI/c1-2-25-24(27-15-13-22-29-23(32-30-22)20-12-6-7-14-26-20)28-18-21(31-16-8-9-17-31)19-10-4-3-5-11-19;/h3-7,10-12,14,21H,2,8-9,13,15-18H2,1H3,(H2,25,27,28);1H. The van der Waals surface area contributed by atoms with Crippen molar-refractivity contribution in [2.24, 2.45) is 4.99 Å². The fourth-order valence-electron chi connectivity index (χ4n) is 3.92. The second kappa shape index (κ2) is 13.2. The van der Waals surface area contributed by atoms with Crippen LogP contribution in [0.4, 0.5) is 0 Å². The molecule has 1 aliphatic rings. The predicted octanol–water partition coefficient (Wildman–Crippen LogP) is 3.68. The molecule has 2 aromatic heterocycles. The third kappa shape index (κ3) is 7.23. The fourth-order valence-corrected chi connectivity index (χ4v) is 3.92. The van der Waals surface area contributed by atoms with E-state index < -0.39 is 0 Å². The molecule has 33 heavy (non-hydrogen) atoms. The molecule has 3 aromatic rings. The van der Waals surface area contributed by atoms with Crippen molar-refractivity contribution in [3.8, 4) is 11.6 Å². The van der Waals surface area contributed by atoms with Gasteiger partial charge in [0.25, 0.3) is 5.89 Å². The summed E-state index contributed by atoms with van der Waals surface area (Å²) in [5, 5.41) is 10.8. The predicted molar refractivity (Wildman–Crippen MR) is 141 cm³/mol. The molecule has 9 heteroatoms. The molecule has 1 unspecified atom stereocenters. The highest BCUT2D eigenvalue weighted by Crippen LogP contribution is 2.25. The lowest BCUT2D eigenvalue weighted by Gasteiger charge is -2.27. The van der Waals surface area contributed by atoms with Gasteiger partial charge in [0.1, 0.15) is 5.69 Å². The van der Waals surface area contributed by atoms with Gasteiger partial charge >= 0.3 is 0 Å². The van der Waals surface area contributed by atoms with Gasteiger partial charge in [0, 0.05) is 25.7 Å². The molecule has 4 rings (SSSR count). The van der Waals surface area contributed by atoms with Crippen molar-refractivity contribution >= 4 is 29.9 Å². The first kappa shape index (κ1) is 25.1. The third-order valence-electron chi connectivity index (χ3n) is 5.53. The number of pyridine rings is 1. The number of likely N-dealkylation sites (tertiary alicyclic amines) is 1. The summed E-state index contributed by atoms with van der Waals surface area (Å²) >= 11 is 0. The Morgan fingerprint density at radius 3 is 2.61 bits per heavy atom. The summed E-state index contributed by atoms with van der Waals surface area (Å²) in [6, 6.07) is 16.6. The molecule has 1 saturated heterocycles. The number of nitrogens with zero attached hydrogens (tertiary/aromatic N) is 5. The normalized spacial score (nSPS) is 15.1. The van der Waals surface area contributed by atoms with E-state index in [-0.39, 0.29) is 24.0 Å². The van der Waals surface area contributed by atoms with E-state index >= 15 is 0 Å². The minimum atomic E-state index is 0. The van der Waals surface area contributed by atoms with Crippen LogP contribution in [0.2, 0.25) is 0 Å². The highest BCUT2D eigenvalue weighted by molar-refractivity contribution is 14.0. The summed E-state index contributed by atoms with van der Waals surface area (Å²) in [5.41, 5.74) is 2.01. The molecule has 2 N–H and O–H groups in total. The molecule has 0 spiro atoms. The molecule has 8 nitrogen and oxygen atoms in total. The van der Waals surface area contributed by atoms with Crippen LogP contribution in [0, 0.1) is 0 Å². The van der Waals surface area contributed by atoms with Crippen LogP contribution in [-0.4, -0.2) is 58.7 Å². The zero-order chi connectivity index (χ0) is 22.0. The van der Waals surface area contributed by atoms with Crippen LogP contribution in [-0.2, 0) is 6.42 Å². The molecular formula is C24H32IN7O. The van der Waals surface area contributed by atoms with Gasteiger partial charge in [0.15, 0.2) is 11.8 Å². The van der Waals surface area contributed by atoms with E-state index in [0.717, 1.165) is 25.6 Å². The lowest BCUT2D eigenvalue weighted by Crippen LogP contribution is -2.39. The average molecular weight is 561 g/mol. The van der Waals surface area contributed by atoms with E-state index in [2.05, 4.69) is 67.9 Å². The first-order chi connectivity index (χ1) is 15.8. The van der Waals surface area contributed by atoms with Gasteiger partial charge in [-0.2, -0.15) is 4.98 Å². The van der Waals surface area contributed by atoms with Crippen LogP contribution in [0.5, 0.6) is 0 Å². The van der Waals surface area contributed by atoms with E-state index in [1.54, 1.807) is 6.20 Å². The van der Waals surface area contributed by atoms with Gasteiger partial charge in [-0.1, -0.05) is 41.6 Å². The Labute approximate surface area is 212 Å². The van der Waals surface area contributed by atoms with Crippen molar-refractivity contribution in [1.82, 2.24) is 30.7 Å². The van der Waals surface area contributed by atoms with Gasteiger partial charge in [-0.25, -0.2) is 0 Å². The minimum Gasteiger partial charge on any atom is -0.357 e. The van der Waals surface area contributed by atoms with Gasteiger partial charge < -0.3 is 15.2 Å². The Balaban J connectivity index is 0.00000306. The third-order valence-corrected chi connectivity index (χ3v) is 5.53. The summed E-state index contributed by atoms with van der Waals surface area (Å²) in [7, 11) is 0. The van der Waals surface area contributed by atoms with Crippen molar-refractivity contribution in [2.75, 3.05) is 32.7 Å². The van der Waals surface area contributed by atoms with Crippen LogP contribution in [0.15, 0.2) is 64.2 Å². The molecule has 0 amide bonds. The number of guanidine groups is 1. The number of nitrogens with one attached hydrogen (secondary N) is 2. The van der Waals surface area contributed by atoms with E-state index in [0.29, 0.717) is 43.0 Å². The van der Waals surface area contributed by atoms with Crippen LogP contribution < -0.4 is 10.6 Å². The van der Waals surface area contributed by atoms with Crippen molar-refractivity contribution in [3.63, 3.8) is 0 Å². The summed E-state index contributed by atoms with van der Waals surface area (Å²) in [6.07, 6.45) is 4.87. The Morgan fingerprint density at radius 2 is 1.88 bits per heavy atom. The summed E-state index contributed by atoms with van der Waals surface area (Å²) < 4.78 is 5.34. The molecule has 0 aliphatic carbocycles. The van der Waals surface area contributed by atoms with E-state index in [1.807, 2.05) is 18.2 Å². The van der Waals surface area contributed by atoms with Crippen LogP contribution in [0.25, 0.3) is 11.6 Å². The van der Waals surface area contributed by atoms with Crippen LogP contribution in [0.3, 0.4) is 0 Å². The number of aliphatic imine (C=N–C) groups is 1. The van der Waals surface area contributed by atoms with Crippen molar-refractivity contribution in [1.29, 1.82) is 0 Å². The van der Waals surface area contributed by atoms with E-state index in [4.69, 9.17) is 9.52 Å². The number of hydrogen-bond acceptors (Lipinski definition) is 6. The number of benzene rings is 1. The maximum Gasteiger partial charge on any atom is 0.276 e. The van der Waals surface area contributed by atoms with Crippen molar-refractivity contribution in [2.45, 2.75) is 32.2 Å². The summed E-state index contributed by atoms with van der Waals surface area (Å²) in [4.78, 5) is 16.1. The molecule has 0 bridgehead atoms. The first-order valence-corrected chi connectivity index (χ1v) is 11.4. The van der Waals surface area contributed by atoms with Crippen LogP contribution in [0.1, 0.15) is 37.2 Å². The highest BCUT2D eigenvalue weighted by Gasteiger charge is 2.23. The lowest BCUT2D eigenvalue weighted by molar-refractivity contribution is 0.251. The first-order valence-electron chi connectivity index (χ1n) is 11.4. The topological polar surface area (TPSA) is 91.5 Å². The molecule has 0 radical (unpaired) electrons. The Morgan fingerprint density at radius 1 is 1.09 bits per heavy atom. The zero-order valence-electron chi connectivity index (χ0n) is 19.0. The monoisotopic (exact) mass is 561 g/mol. The highest BCUT2D eigenvalue weighted by atomic mass is 127. The number of rotatable bonds is 9. The largest absolute Gasteiger partial charge is 0.357 e. The Hall–Kier alpha value is -2.53. The second-order valence-electron chi connectivity index (χ2n) is 7.80. The number of halogens is 1. The number of aromatic nitrogens is 3.